The van der Waals surface area contributed by atoms with Gasteiger partial charge in [0.25, 0.3) is 0 Å². The lowest BCUT2D eigenvalue weighted by atomic mass is 9.96. The number of carboxylic acid groups (broad SMARTS) is 1. The molecule has 2 atom stereocenters. The molecule has 0 aromatic heterocycles. The summed E-state index contributed by atoms with van der Waals surface area (Å²) in [7, 11) is 0. The van der Waals surface area contributed by atoms with Crippen molar-refractivity contribution in [3.63, 3.8) is 0 Å². The second-order valence-corrected chi connectivity index (χ2v) is 8.77. The van der Waals surface area contributed by atoms with E-state index in [1.165, 1.54) is 0 Å². The molecule has 3 rings (SSSR count). The fraction of sp³-hybridized carbons (Fsp3) is 0.423. The number of benzene rings is 2. The van der Waals surface area contributed by atoms with Crippen LogP contribution in [0.1, 0.15) is 50.7 Å². The topological polar surface area (TPSA) is 105 Å². The molecule has 0 saturated carbocycles. The number of amides is 2. The molecule has 33 heavy (non-hydrogen) atoms. The van der Waals surface area contributed by atoms with Crippen LogP contribution in [0, 0.1) is 11.8 Å². The first-order valence-corrected chi connectivity index (χ1v) is 11.4. The Morgan fingerprint density at radius 2 is 1.58 bits per heavy atom. The van der Waals surface area contributed by atoms with Crippen LogP contribution in [0.2, 0.25) is 0 Å². The summed E-state index contributed by atoms with van der Waals surface area (Å²) < 4.78 is 5.56. The van der Waals surface area contributed by atoms with Crippen LogP contribution in [0.3, 0.4) is 0 Å². The summed E-state index contributed by atoms with van der Waals surface area (Å²) in [4.78, 5) is 36.1. The highest BCUT2D eigenvalue weighted by molar-refractivity contribution is 5.80. The third-order valence-corrected chi connectivity index (χ3v) is 6.23. The molecule has 2 aromatic rings. The Bertz CT molecular complexity index is 958. The molecule has 2 aromatic carbocycles. The maximum atomic E-state index is 12.5. The molecule has 7 heteroatoms. The van der Waals surface area contributed by atoms with E-state index in [2.05, 4.69) is 34.9 Å². The summed E-state index contributed by atoms with van der Waals surface area (Å²) in [6.07, 6.45) is 0.0389. The van der Waals surface area contributed by atoms with Gasteiger partial charge in [0, 0.05) is 24.9 Å². The first-order valence-electron chi connectivity index (χ1n) is 11.4. The minimum Gasteiger partial charge on any atom is -0.481 e. The summed E-state index contributed by atoms with van der Waals surface area (Å²) in [5.41, 5.74) is 4.59. The quantitative estimate of drug-likeness (QED) is 0.502. The van der Waals surface area contributed by atoms with Crippen LogP contribution < -0.4 is 10.6 Å². The number of fused-ring (bicyclic) bond motifs is 3. The Morgan fingerprint density at radius 3 is 2.09 bits per heavy atom. The van der Waals surface area contributed by atoms with Crippen LogP contribution in [0.25, 0.3) is 11.1 Å². The molecule has 1 aliphatic rings. The highest BCUT2D eigenvalue weighted by Gasteiger charge is 2.29. The number of nitrogens with one attached hydrogen (secondary N) is 2. The molecule has 0 radical (unpaired) electrons. The predicted molar refractivity (Wildman–Crippen MR) is 126 cm³/mol. The summed E-state index contributed by atoms with van der Waals surface area (Å²) in [5, 5.41) is 14.7. The van der Waals surface area contributed by atoms with Crippen LogP contribution in [0.15, 0.2) is 48.5 Å². The Kier molecular flexibility index (Phi) is 8.09. The lowest BCUT2D eigenvalue weighted by molar-refractivity contribution is -0.143. The van der Waals surface area contributed by atoms with E-state index in [1.807, 2.05) is 31.2 Å². The van der Waals surface area contributed by atoms with Crippen LogP contribution in [0.4, 0.5) is 4.79 Å². The molecule has 176 valence electrons. The first-order chi connectivity index (χ1) is 15.8. The van der Waals surface area contributed by atoms with E-state index in [-0.39, 0.29) is 37.3 Å². The summed E-state index contributed by atoms with van der Waals surface area (Å²) in [6.45, 7) is 5.75. The monoisotopic (exact) mass is 452 g/mol. The number of carboxylic acids is 1. The molecule has 0 spiro atoms. The lowest BCUT2D eigenvalue weighted by Crippen LogP contribution is -2.41. The Balaban J connectivity index is 1.53. The van der Waals surface area contributed by atoms with Crippen molar-refractivity contribution >= 4 is 18.0 Å². The van der Waals surface area contributed by atoms with Gasteiger partial charge in [-0.05, 0) is 34.6 Å². The van der Waals surface area contributed by atoms with Crippen molar-refractivity contribution in [2.24, 2.45) is 11.8 Å². The van der Waals surface area contributed by atoms with E-state index in [1.54, 1.807) is 13.8 Å². The van der Waals surface area contributed by atoms with Crippen LogP contribution in [0.5, 0.6) is 0 Å². The Hall–Kier alpha value is -3.35. The molecule has 2 amide bonds. The zero-order valence-corrected chi connectivity index (χ0v) is 19.3. The third-order valence-electron chi connectivity index (χ3n) is 6.23. The van der Waals surface area contributed by atoms with E-state index < -0.39 is 24.0 Å². The second kappa shape index (κ2) is 11.0. The predicted octanol–water partition coefficient (Wildman–Crippen LogP) is 4.17. The summed E-state index contributed by atoms with van der Waals surface area (Å²) in [6, 6.07) is 15.8. The molecular formula is C26H32N2O5. The molecular weight excluding hydrogens is 420 g/mol. The highest BCUT2D eigenvalue weighted by Crippen LogP contribution is 2.44. The minimum atomic E-state index is -0.936. The number of hydrogen-bond acceptors (Lipinski definition) is 4. The van der Waals surface area contributed by atoms with Gasteiger partial charge in [0.05, 0.1) is 5.92 Å². The number of carbonyl (C=O) groups is 3. The average molecular weight is 453 g/mol. The molecule has 3 N–H and O–H groups in total. The van der Waals surface area contributed by atoms with Gasteiger partial charge in [-0.3, -0.25) is 9.59 Å². The van der Waals surface area contributed by atoms with Crippen molar-refractivity contribution in [2.45, 2.75) is 45.6 Å². The fourth-order valence-corrected chi connectivity index (χ4v) is 4.23. The van der Waals surface area contributed by atoms with Crippen molar-refractivity contribution in [3.05, 3.63) is 59.7 Å². The number of carbonyl (C=O) groups excluding carboxylic acids is 2. The van der Waals surface area contributed by atoms with Crippen molar-refractivity contribution in [2.75, 3.05) is 13.2 Å². The average Bonchev–Trinajstić information content (AvgIpc) is 3.10. The largest absolute Gasteiger partial charge is 0.481 e. The van der Waals surface area contributed by atoms with Gasteiger partial charge in [0.1, 0.15) is 6.61 Å². The van der Waals surface area contributed by atoms with E-state index in [0.29, 0.717) is 6.42 Å². The highest BCUT2D eigenvalue weighted by atomic mass is 16.5. The number of aliphatic carboxylic acids is 1. The third kappa shape index (κ3) is 5.92. The molecule has 0 aliphatic heterocycles. The van der Waals surface area contributed by atoms with Gasteiger partial charge in [-0.2, -0.15) is 0 Å². The van der Waals surface area contributed by atoms with Gasteiger partial charge in [-0.25, -0.2) is 4.79 Å². The first kappa shape index (κ1) is 24.3. The van der Waals surface area contributed by atoms with Gasteiger partial charge >= 0.3 is 12.1 Å². The fourth-order valence-electron chi connectivity index (χ4n) is 4.23. The van der Waals surface area contributed by atoms with Crippen LogP contribution in [-0.4, -0.2) is 42.3 Å². The zero-order chi connectivity index (χ0) is 24.0. The van der Waals surface area contributed by atoms with Gasteiger partial charge in [-0.15, -0.1) is 0 Å². The SMILES string of the molecule is CC[C@@H](CC(=O)NCC(C(=O)O)C(C)C)NC(=O)OCC1c2ccccc2-c2ccccc21. The summed E-state index contributed by atoms with van der Waals surface area (Å²) in [5.74, 6) is -2.01. The number of rotatable bonds is 10. The molecule has 0 heterocycles. The smallest absolute Gasteiger partial charge is 0.407 e. The second-order valence-electron chi connectivity index (χ2n) is 8.77. The van der Waals surface area contributed by atoms with Crippen LogP contribution in [-0.2, 0) is 14.3 Å². The van der Waals surface area contributed by atoms with Gasteiger partial charge in [0.15, 0.2) is 0 Å². The van der Waals surface area contributed by atoms with E-state index in [4.69, 9.17) is 4.74 Å². The van der Waals surface area contributed by atoms with Crippen molar-refractivity contribution in [3.8, 4) is 11.1 Å². The zero-order valence-electron chi connectivity index (χ0n) is 19.3. The Morgan fingerprint density at radius 1 is 1.00 bits per heavy atom. The molecule has 1 aliphatic carbocycles. The van der Waals surface area contributed by atoms with E-state index in [0.717, 1.165) is 22.3 Å². The molecule has 0 bridgehead atoms. The maximum Gasteiger partial charge on any atom is 0.407 e. The maximum absolute atomic E-state index is 12.5. The molecule has 0 saturated heterocycles. The summed E-state index contributed by atoms with van der Waals surface area (Å²) >= 11 is 0. The van der Waals surface area contributed by atoms with E-state index >= 15 is 0 Å². The number of alkyl carbamates (subject to hydrolysis) is 1. The lowest BCUT2D eigenvalue weighted by Gasteiger charge is -2.20. The van der Waals surface area contributed by atoms with Crippen LogP contribution >= 0.6 is 0 Å². The van der Waals surface area contributed by atoms with Gasteiger partial charge in [-0.1, -0.05) is 69.3 Å². The van der Waals surface area contributed by atoms with Crippen molar-refractivity contribution in [1.82, 2.24) is 10.6 Å². The van der Waals surface area contributed by atoms with Crippen molar-refractivity contribution < 1.29 is 24.2 Å². The Labute approximate surface area is 194 Å². The standard InChI is InChI=1S/C26H32N2O5/c1-4-17(13-24(29)27-14-22(16(2)3)25(30)31)28-26(32)33-15-23-20-11-7-5-9-18(20)19-10-6-8-12-21(19)23/h5-12,16-17,22-23H,4,13-15H2,1-3H3,(H,27,29)(H,28,32)(H,30,31)/t17-,22?/m0/s1. The molecule has 0 fully saturated rings. The van der Waals surface area contributed by atoms with Gasteiger partial charge in [0.2, 0.25) is 5.91 Å². The number of hydrogen-bond donors (Lipinski definition) is 3. The molecule has 1 unspecified atom stereocenters. The van der Waals surface area contributed by atoms with Gasteiger partial charge < -0.3 is 20.5 Å². The normalized spacial score (nSPS) is 14.2. The van der Waals surface area contributed by atoms with Crippen molar-refractivity contribution in [1.29, 1.82) is 0 Å². The minimum absolute atomic E-state index is 0.0319. The molecule has 7 nitrogen and oxygen atoms in total. The van der Waals surface area contributed by atoms with E-state index in [9.17, 15) is 19.5 Å². The number of ether oxygens (including phenoxy) is 1.